The predicted molar refractivity (Wildman–Crippen MR) is 47.4 cm³/mol. The highest BCUT2D eigenvalue weighted by atomic mass is 35.5. The van der Waals surface area contributed by atoms with Gasteiger partial charge in [-0.05, 0) is 12.1 Å². The number of halogens is 3. The molecule has 0 aliphatic heterocycles. The van der Waals surface area contributed by atoms with Crippen LogP contribution in [0.4, 0.5) is 9.18 Å². The molecule has 0 radical (unpaired) electrons. The fourth-order valence-electron chi connectivity index (χ4n) is 0.799. The number of benzene rings is 1. The molecule has 0 saturated heterocycles. The fraction of sp³-hybridized carbons (Fsp3) is 0.125. The summed E-state index contributed by atoms with van der Waals surface area (Å²) in [6.45, 7) is -0.256. The number of carbonyl (C=O) groups excluding carboxylic acids is 1. The van der Waals surface area contributed by atoms with E-state index >= 15 is 0 Å². The van der Waals surface area contributed by atoms with Crippen molar-refractivity contribution in [2.75, 3.05) is 0 Å². The van der Waals surface area contributed by atoms with Crippen LogP contribution in [0.2, 0.25) is 5.02 Å². The lowest BCUT2D eigenvalue weighted by Crippen LogP contribution is -1.98. The molecule has 1 rings (SSSR count). The van der Waals surface area contributed by atoms with Gasteiger partial charge >= 0.3 is 5.43 Å². The van der Waals surface area contributed by atoms with Gasteiger partial charge < -0.3 is 4.74 Å². The minimum Gasteiger partial charge on any atom is -0.449 e. The lowest BCUT2D eigenvalue weighted by molar-refractivity contribution is 0.165. The maximum Gasteiger partial charge on any atom is 0.404 e. The summed E-state index contributed by atoms with van der Waals surface area (Å²) in [6, 6.07) is 4.19. The fourth-order valence-corrected chi connectivity index (χ4v) is 1.07. The van der Waals surface area contributed by atoms with Gasteiger partial charge in [0.15, 0.2) is 0 Å². The Morgan fingerprint density at radius 3 is 2.77 bits per heavy atom. The summed E-state index contributed by atoms with van der Waals surface area (Å²) in [5.41, 5.74) is -0.863. The molecule has 1 aromatic rings. The van der Waals surface area contributed by atoms with Crippen molar-refractivity contribution in [3.8, 4) is 0 Å². The van der Waals surface area contributed by atoms with Gasteiger partial charge in [0.25, 0.3) is 0 Å². The number of rotatable bonds is 2. The quantitative estimate of drug-likeness (QED) is 0.718. The van der Waals surface area contributed by atoms with Gasteiger partial charge in [-0.25, -0.2) is 9.18 Å². The molecule has 13 heavy (non-hydrogen) atoms. The Labute approximate surface area is 84.2 Å². The van der Waals surface area contributed by atoms with Crippen LogP contribution in [0.3, 0.4) is 0 Å². The molecule has 0 atom stereocenters. The number of carbonyl (C=O) groups is 1. The number of ether oxygens (including phenoxy) is 1. The summed E-state index contributed by atoms with van der Waals surface area (Å²) >= 11 is 10.5. The van der Waals surface area contributed by atoms with Gasteiger partial charge in [-0.1, -0.05) is 17.7 Å². The molecule has 0 amide bonds. The minimum absolute atomic E-state index is 0.123. The van der Waals surface area contributed by atoms with Crippen LogP contribution in [0.25, 0.3) is 0 Å². The van der Waals surface area contributed by atoms with E-state index in [0.29, 0.717) is 0 Å². The van der Waals surface area contributed by atoms with Crippen LogP contribution in [0.1, 0.15) is 5.56 Å². The zero-order valence-electron chi connectivity index (χ0n) is 6.39. The molecular formula is C8H5Cl2FO2. The van der Waals surface area contributed by atoms with E-state index in [1.165, 1.54) is 18.2 Å². The largest absolute Gasteiger partial charge is 0.449 e. The molecule has 0 saturated carbocycles. The molecule has 0 N–H and O–H groups in total. The van der Waals surface area contributed by atoms with Crippen LogP contribution in [-0.4, -0.2) is 5.43 Å². The van der Waals surface area contributed by atoms with Crippen molar-refractivity contribution in [2.45, 2.75) is 6.61 Å². The van der Waals surface area contributed by atoms with Crippen molar-refractivity contribution in [1.82, 2.24) is 0 Å². The maximum atomic E-state index is 13.0. The van der Waals surface area contributed by atoms with Gasteiger partial charge in [-0.3, -0.25) is 0 Å². The molecule has 0 aliphatic carbocycles. The zero-order chi connectivity index (χ0) is 9.84. The van der Waals surface area contributed by atoms with E-state index in [2.05, 4.69) is 4.74 Å². The zero-order valence-corrected chi connectivity index (χ0v) is 7.90. The van der Waals surface area contributed by atoms with E-state index < -0.39 is 11.2 Å². The smallest absolute Gasteiger partial charge is 0.404 e. The summed E-state index contributed by atoms with van der Waals surface area (Å²) in [7, 11) is 0. The van der Waals surface area contributed by atoms with Crippen LogP contribution in [0.15, 0.2) is 18.2 Å². The van der Waals surface area contributed by atoms with Gasteiger partial charge in [-0.15, -0.1) is 0 Å². The van der Waals surface area contributed by atoms with Gasteiger partial charge in [0.05, 0.1) is 5.02 Å². The van der Waals surface area contributed by atoms with E-state index in [9.17, 15) is 9.18 Å². The first-order valence-corrected chi connectivity index (χ1v) is 4.12. The van der Waals surface area contributed by atoms with E-state index in [1.807, 2.05) is 0 Å². The molecular weight excluding hydrogens is 218 g/mol. The first kappa shape index (κ1) is 10.3. The minimum atomic E-state index is -0.987. The van der Waals surface area contributed by atoms with E-state index in [0.717, 1.165) is 0 Å². The average Bonchev–Trinajstić information content (AvgIpc) is 2.03. The second kappa shape index (κ2) is 4.44. The second-order valence-electron chi connectivity index (χ2n) is 2.23. The highest BCUT2D eigenvalue weighted by molar-refractivity contribution is 6.61. The predicted octanol–water partition coefficient (Wildman–Crippen LogP) is 3.35. The summed E-state index contributed by atoms with van der Waals surface area (Å²) in [4.78, 5) is 10.2. The number of hydrogen-bond donors (Lipinski definition) is 0. The Hall–Kier alpha value is -0.800. The van der Waals surface area contributed by atoms with Gasteiger partial charge in [-0.2, -0.15) is 0 Å². The Balaban J connectivity index is 2.81. The van der Waals surface area contributed by atoms with Crippen LogP contribution in [0, 0.1) is 5.82 Å². The third kappa shape index (κ3) is 2.86. The average molecular weight is 223 g/mol. The standard InChI is InChI=1S/C8H5Cl2FO2/c9-6-2-1-3-7(11)5(6)4-13-8(10)12/h1-3H,4H2. The Morgan fingerprint density at radius 1 is 1.54 bits per heavy atom. The summed E-state index contributed by atoms with van der Waals surface area (Å²) < 4.78 is 17.4. The first-order chi connectivity index (χ1) is 6.11. The Kier molecular flexibility index (Phi) is 3.51. The van der Waals surface area contributed by atoms with Crippen molar-refractivity contribution >= 4 is 28.6 Å². The monoisotopic (exact) mass is 222 g/mol. The maximum absolute atomic E-state index is 13.0. The molecule has 70 valence electrons. The van der Waals surface area contributed by atoms with Gasteiger partial charge in [0, 0.05) is 17.2 Å². The van der Waals surface area contributed by atoms with Crippen molar-refractivity contribution in [3.05, 3.63) is 34.6 Å². The molecule has 5 heteroatoms. The van der Waals surface area contributed by atoms with Crippen LogP contribution in [-0.2, 0) is 11.3 Å². The number of hydrogen-bond acceptors (Lipinski definition) is 2. The van der Waals surface area contributed by atoms with Crippen molar-refractivity contribution in [1.29, 1.82) is 0 Å². The molecule has 2 nitrogen and oxygen atoms in total. The molecule has 0 unspecified atom stereocenters. The second-order valence-corrected chi connectivity index (χ2v) is 2.94. The molecule has 0 spiro atoms. The van der Waals surface area contributed by atoms with Gasteiger partial charge in [0.1, 0.15) is 12.4 Å². The van der Waals surface area contributed by atoms with Crippen molar-refractivity contribution < 1.29 is 13.9 Å². The summed E-state index contributed by atoms with van der Waals surface area (Å²) in [6.07, 6.45) is 0. The molecule has 0 heterocycles. The third-order valence-corrected chi connectivity index (χ3v) is 1.85. The van der Waals surface area contributed by atoms with Crippen LogP contribution < -0.4 is 0 Å². The Bertz CT molecular complexity index is 308. The lowest BCUT2D eigenvalue weighted by Gasteiger charge is -2.04. The SMILES string of the molecule is O=C(Cl)OCc1c(F)cccc1Cl. The summed E-state index contributed by atoms with van der Waals surface area (Å²) in [5, 5.41) is 0.206. The third-order valence-electron chi connectivity index (χ3n) is 1.39. The molecule has 0 aliphatic rings. The lowest BCUT2D eigenvalue weighted by atomic mass is 10.2. The molecule has 0 aromatic heterocycles. The topological polar surface area (TPSA) is 26.3 Å². The summed E-state index contributed by atoms with van der Waals surface area (Å²) in [5.74, 6) is -0.523. The molecule has 0 bridgehead atoms. The van der Waals surface area contributed by atoms with E-state index in [1.54, 1.807) is 0 Å². The van der Waals surface area contributed by atoms with Crippen molar-refractivity contribution in [2.24, 2.45) is 0 Å². The first-order valence-electron chi connectivity index (χ1n) is 3.36. The molecule has 1 aromatic carbocycles. The van der Waals surface area contributed by atoms with E-state index in [4.69, 9.17) is 23.2 Å². The van der Waals surface area contributed by atoms with E-state index in [-0.39, 0.29) is 17.2 Å². The van der Waals surface area contributed by atoms with Crippen LogP contribution >= 0.6 is 23.2 Å². The van der Waals surface area contributed by atoms with Crippen molar-refractivity contribution in [3.63, 3.8) is 0 Å². The molecule has 0 fully saturated rings. The highest BCUT2D eigenvalue weighted by Crippen LogP contribution is 2.19. The Morgan fingerprint density at radius 2 is 2.23 bits per heavy atom. The van der Waals surface area contributed by atoms with Crippen LogP contribution in [0.5, 0.6) is 0 Å². The highest BCUT2D eigenvalue weighted by Gasteiger charge is 2.08. The van der Waals surface area contributed by atoms with Gasteiger partial charge in [0.2, 0.25) is 0 Å². The normalized spacial score (nSPS) is 9.77.